The van der Waals surface area contributed by atoms with Gasteiger partial charge < -0.3 is 24.1 Å². The number of hydrogen-bond acceptors (Lipinski definition) is 5. The number of rotatable bonds is 8. The summed E-state index contributed by atoms with van der Waals surface area (Å²) < 4.78 is 15.9. The molecule has 0 saturated carbocycles. The Labute approximate surface area is 86.5 Å². The maximum absolute atomic E-state index is 9.38. The monoisotopic (exact) mass is 223 g/mol. The second kappa shape index (κ2) is 7.33. The summed E-state index contributed by atoms with van der Waals surface area (Å²) in [6.45, 7) is 2.39. The van der Waals surface area contributed by atoms with E-state index < -0.39 is 15.1 Å². The lowest BCUT2D eigenvalue weighted by Gasteiger charge is -2.28. The van der Waals surface area contributed by atoms with E-state index >= 15 is 0 Å². The summed E-state index contributed by atoms with van der Waals surface area (Å²) in [6, 6.07) is 0.633. The third kappa shape index (κ3) is 4.49. The highest BCUT2D eigenvalue weighted by Gasteiger charge is 2.40. The summed E-state index contributed by atoms with van der Waals surface area (Å²) in [6.07, 6.45) is 0.466. The van der Waals surface area contributed by atoms with Crippen LogP contribution in [0.1, 0.15) is 19.8 Å². The summed E-state index contributed by atoms with van der Waals surface area (Å²) in [4.78, 5) is 0. The fourth-order valence-electron chi connectivity index (χ4n) is 1.05. The molecule has 0 amide bonds. The van der Waals surface area contributed by atoms with Gasteiger partial charge in [-0.15, -0.1) is 0 Å². The van der Waals surface area contributed by atoms with Gasteiger partial charge in [0.15, 0.2) is 0 Å². The van der Waals surface area contributed by atoms with E-state index in [0.717, 1.165) is 6.42 Å². The summed E-state index contributed by atoms with van der Waals surface area (Å²) in [5, 5.41) is 9.38. The smallest absolute Gasteiger partial charge is 0.377 e. The van der Waals surface area contributed by atoms with Crippen molar-refractivity contribution in [1.29, 1.82) is 0 Å². The molecular weight excluding hydrogens is 202 g/mol. The van der Waals surface area contributed by atoms with Crippen LogP contribution < -0.4 is 5.73 Å². The van der Waals surface area contributed by atoms with Crippen molar-refractivity contribution < 1.29 is 18.4 Å². The lowest BCUT2D eigenvalue weighted by molar-refractivity contribution is -0.0708. The van der Waals surface area contributed by atoms with Gasteiger partial charge in [-0.2, -0.15) is 0 Å². The van der Waals surface area contributed by atoms with Crippen LogP contribution in [0, 0.1) is 0 Å². The topological polar surface area (TPSA) is 73.9 Å². The fraction of sp³-hybridized carbons (Fsp3) is 1.00. The van der Waals surface area contributed by atoms with E-state index in [4.69, 9.17) is 19.0 Å². The summed E-state index contributed by atoms with van der Waals surface area (Å²) in [5.74, 6) is 0. The first-order valence-electron chi connectivity index (χ1n) is 4.80. The van der Waals surface area contributed by atoms with Crippen LogP contribution in [-0.2, 0) is 13.3 Å². The Hall–Kier alpha value is 0.0169. The van der Waals surface area contributed by atoms with E-state index in [1.807, 2.05) is 6.92 Å². The predicted molar refractivity (Wildman–Crippen MR) is 55.6 cm³/mol. The average Bonchev–Trinajstić information content (AvgIpc) is 2.24. The van der Waals surface area contributed by atoms with E-state index in [1.165, 1.54) is 14.2 Å². The Morgan fingerprint density at radius 2 is 1.93 bits per heavy atom. The van der Waals surface area contributed by atoms with Crippen molar-refractivity contribution in [2.45, 2.75) is 32.1 Å². The van der Waals surface area contributed by atoms with Crippen LogP contribution in [0.2, 0.25) is 6.04 Å². The first kappa shape index (κ1) is 14.0. The molecule has 6 heteroatoms. The van der Waals surface area contributed by atoms with Gasteiger partial charge in [0.25, 0.3) is 0 Å². The van der Waals surface area contributed by atoms with Crippen LogP contribution >= 0.6 is 0 Å². The second-order valence-electron chi connectivity index (χ2n) is 2.96. The zero-order valence-corrected chi connectivity index (χ0v) is 10.2. The predicted octanol–water partition coefficient (Wildman–Crippen LogP) is 0.312. The van der Waals surface area contributed by atoms with E-state index in [0.29, 0.717) is 19.0 Å². The van der Waals surface area contributed by atoms with Gasteiger partial charge in [-0.05, 0) is 19.4 Å². The van der Waals surface area contributed by atoms with Crippen molar-refractivity contribution in [3.8, 4) is 0 Å². The van der Waals surface area contributed by atoms with Crippen LogP contribution in [-0.4, -0.2) is 41.0 Å². The Balaban J connectivity index is 4.20. The third-order valence-electron chi connectivity index (χ3n) is 1.97. The molecule has 0 heterocycles. The minimum absolute atomic E-state index is 0.518. The molecular formula is C8H21NO4Si. The zero-order chi connectivity index (χ0) is 11.0. The van der Waals surface area contributed by atoms with Crippen molar-refractivity contribution in [3.05, 3.63) is 0 Å². The van der Waals surface area contributed by atoms with Crippen molar-refractivity contribution in [2.24, 2.45) is 5.73 Å². The molecule has 0 aromatic rings. The lowest BCUT2D eigenvalue weighted by atomic mass is 10.5. The van der Waals surface area contributed by atoms with Crippen molar-refractivity contribution in [3.63, 3.8) is 0 Å². The van der Waals surface area contributed by atoms with E-state index in [2.05, 4.69) is 0 Å². The number of nitrogens with two attached hydrogens (primary N) is 1. The van der Waals surface area contributed by atoms with Gasteiger partial charge in [0.05, 0.1) is 0 Å². The van der Waals surface area contributed by atoms with E-state index in [1.54, 1.807) is 0 Å². The van der Waals surface area contributed by atoms with Gasteiger partial charge in [-0.1, -0.05) is 6.92 Å². The quantitative estimate of drug-likeness (QED) is 0.458. The van der Waals surface area contributed by atoms with Gasteiger partial charge in [0.2, 0.25) is 0 Å². The molecule has 0 aliphatic heterocycles. The molecule has 0 aliphatic carbocycles. The first-order valence-corrected chi connectivity index (χ1v) is 6.73. The highest BCUT2D eigenvalue weighted by molar-refractivity contribution is 6.60. The minimum Gasteiger partial charge on any atom is -0.377 e. The van der Waals surface area contributed by atoms with Crippen molar-refractivity contribution in [1.82, 2.24) is 0 Å². The van der Waals surface area contributed by atoms with Crippen molar-refractivity contribution >= 4 is 8.80 Å². The fourth-order valence-corrected chi connectivity index (χ4v) is 3.16. The molecule has 86 valence electrons. The Morgan fingerprint density at radius 3 is 2.29 bits per heavy atom. The summed E-state index contributed by atoms with van der Waals surface area (Å²) >= 11 is 0. The molecule has 0 radical (unpaired) electrons. The molecule has 0 bridgehead atoms. The molecule has 0 rings (SSSR count). The van der Waals surface area contributed by atoms with Crippen molar-refractivity contribution in [2.75, 3.05) is 20.8 Å². The number of aliphatic hydroxyl groups is 1. The van der Waals surface area contributed by atoms with Gasteiger partial charge in [0, 0.05) is 20.3 Å². The number of hydrogen-bond donors (Lipinski definition) is 2. The van der Waals surface area contributed by atoms with Crippen LogP contribution in [0.25, 0.3) is 0 Å². The van der Waals surface area contributed by atoms with Crippen LogP contribution in [0.5, 0.6) is 0 Å². The molecule has 0 aliphatic rings. The molecule has 14 heavy (non-hydrogen) atoms. The molecule has 1 unspecified atom stereocenters. The Morgan fingerprint density at radius 1 is 1.36 bits per heavy atom. The minimum atomic E-state index is -2.68. The number of aliphatic hydroxyl groups excluding tert-OH is 1. The Bertz CT molecular complexity index is 143. The normalized spacial score (nSPS) is 14.4. The summed E-state index contributed by atoms with van der Waals surface area (Å²) in [5.41, 5.74) is 5.40. The summed E-state index contributed by atoms with van der Waals surface area (Å²) in [7, 11) is 0.394. The lowest BCUT2D eigenvalue weighted by Crippen LogP contribution is -2.46. The first-order chi connectivity index (χ1) is 6.64. The molecule has 5 nitrogen and oxygen atoms in total. The molecule has 0 saturated heterocycles. The molecule has 0 fully saturated rings. The van der Waals surface area contributed by atoms with Crippen LogP contribution in [0.15, 0.2) is 0 Å². The van der Waals surface area contributed by atoms with Gasteiger partial charge in [-0.25, -0.2) is 0 Å². The largest absolute Gasteiger partial charge is 0.502 e. The van der Waals surface area contributed by atoms with Crippen LogP contribution in [0.3, 0.4) is 0 Å². The van der Waals surface area contributed by atoms with Gasteiger partial charge in [-0.3, -0.25) is 0 Å². The maximum atomic E-state index is 9.38. The third-order valence-corrected chi connectivity index (χ3v) is 4.82. The van der Waals surface area contributed by atoms with Crippen LogP contribution in [0.4, 0.5) is 0 Å². The maximum Gasteiger partial charge on any atom is 0.502 e. The molecule has 0 aromatic carbocycles. The average molecular weight is 223 g/mol. The zero-order valence-electron chi connectivity index (χ0n) is 9.16. The highest BCUT2D eigenvalue weighted by Crippen LogP contribution is 2.17. The van der Waals surface area contributed by atoms with Gasteiger partial charge in [0.1, 0.15) is 6.29 Å². The SMILES string of the molecule is CCC(O)O[Si](CCCN)(OC)OC. The van der Waals surface area contributed by atoms with E-state index in [9.17, 15) is 5.11 Å². The molecule has 1 atom stereocenters. The highest BCUT2D eigenvalue weighted by atomic mass is 28.4. The second-order valence-corrected chi connectivity index (χ2v) is 5.88. The van der Waals surface area contributed by atoms with Gasteiger partial charge >= 0.3 is 8.80 Å². The van der Waals surface area contributed by atoms with E-state index in [-0.39, 0.29) is 0 Å². The molecule has 0 spiro atoms. The standard InChI is InChI=1S/C8H21NO4Si/c1-4-8(10)13-14(11-2,12-3)7-5-6-9/h8,10H,4-7,9H2,1-3H3. The molecule has 3 N–H and O–H groups in total. The Kier molecular flexibility index (Phi) is 7.34. The molecule has 0 aromatic heterocycles.